The number of imidazole rings is 2. The zero-order chi connectivity index (χ0) is 17.9. The Labute approximate surface area is 142 Å². The van der Waals surface area contributed by atoms with Gasteiger partial charge in [0.1, 0.15) is 0 Å². The second kappa shape index (κ2) is 5.11. The van der Waals surface area contributed by atoms with Gasteiger partial charge in [-0.05, 0) is 23.8 Å². The van der Waals surface area contributed by atoms with E-state index in [0.29, 0.717) is 26.4 Å². The lowest BCUT2D eigenvalue weighted by Gasteiger charge is -1.92. The number of nitro groups is 1. The van der Waals surface area contributed by atoms with Gasteiger partial charge < -0.3 is 0 Å². The van der Waals surface area contributed by atoms with Crippen LogP contribution in [0.1, 0.15) is 5.56 Å². The number of nitrogens with zero attached hydrogens (tertiary/aromatic N) is 5. The monoisotopic (exact) mass is 357 g/mol. The zero-order valence-electron chi connectivity index (χ0n) is 13.2. The first-order chi connectivity index (χ1) is 11.9. The molecule has 0 aliphatic rings. The van der Waals surface area contributed by atoms with Crippen LogP contribution >= 0.6 is 11.3 Å². The van der Waals surface area contributed by atoms with Gasteiger partial charge in [0.25, 0.3) is 11.2 Å². The molecule has 0 amide bonds. The summed E-state index contributed by atoms with van der Waals surface area (Å²) < 4.78 is 4.64. The molecule has 0 radical (unpaired) electrons. The average Bonchev–Trinajstić information content (AvgIpc) is 3.16. The van der Waals surface area contributed by atoms with Gasteiger partial charge in [-0.15, -0.1) is 0 Å². The minimum atomic E-state index is -0.478. The number of fused-ring (bicyclic) bond motifs is 3. The van der Waals surface area contributed by atoms with Crippen LogP contribution in [0.4, 0.5) is 5.69 Å². The van der Waals surface area contributed by atoms with Crippen molar-refractivity contribution in [3.8, 4) is 0 Å². The maximum Gasteiger partial charge on any atom is 0.330 e. The van der Waals surface area contributed by atoms with Crippen LogP contribution in [0.2, 0.25) is 0 Å². The van der Waals surface area contributed by atoms with Gasteiger partial charge in [0, 0.05) is 26.2 Å². The summed E-state index contributed by atoms with van der Waals surface area (Å²) in [5.41, 5.74) is 1.04. The van der Waals surface area contributed by atoms with E-state index in [-0.39, 0.29) is 16.9 Å². The van der Waals surface area contributed by atoms with Crippen molar-refractivity contribution in [2.24, 2.45) is 14.1 Å². The van der Waals surface area contributed by atoms with Crippen LogP contribution in [0, 0.1) is 10.1 Å². The molecular formula is C15H11N5O4S. The normalized spacial score (nSPS) is 12.5. The molecule has 10 heteroatoms. The minimum absolute atomic E-state index is 0.0125. The Morgan fingerprint density at radius 1 is 1.16 bits per heavy atom. The molecule has 4 rings (SSSR count). The first-order valence-corrected chi connectivity index (χ1v) is 8.03. The highest BCUT2D eigenvalue weighted by atomic mass is 32.1. The van der Waals surface area contributed by atoms with E-state index in [0.717, 1.165) is 0 Å². The number of aromatic nitrogens is 4. The lowest BCUT2D eigenvalue weighted by Crippen LogP contribution is -2.25. The Morgan fingerprint density at radius 3 is 2.48 bits per heavy atom. The predicted octanol–water partition coefficient (Wildman–Crippen LogP) is 0.402. The summed E-state index contributed by atoms with van der Waals surface area (Å²) in [6.45, 7) is 0. The molecule has 9 nitrogen and oxygen atoms in total. The number of aryl methyl sites for hydroxylation is 2. The van der Waals surface area contributed by atoms with Crippen molar-refractivity contribution < 1.29 is 4.92 Å². The van der Waals surface area contributed by atoms with Gasteiger partial charge >= 0.3 is 5.69 Å². The van der Waals surface area contributed by atoms with Crippen molar-refractivity contribution in [1.29, 1.82) is 0 Å². The highest BCUT2D eigenvalue weighted by Crippen LogP contribution is 2.15. The van der Waals surface area contributed by atoms with Crippen LogP contribution in [-0.2, 0) is 14.1 Å². The Balaban J connectivity index is 1.96. The van der Waals surface area contributed by atoms with Crippen molar-refractivity contribution in [2.75, 3.05) is 0 Å². The number of benzene rings is 1. The van der Waals surface area contributed by atoms with Gasteiger partial charge in [-0.1, -0.05) is 11.3 Å². The molecule has 0 aliphatic carbocycles. The van der Waals surface area contributed by atoms with Gasteiger partial charge in [0.05, 0.1) is 9.46 Å². The molecule has 0 unspecified atom stereocenters. The fourth-order valence-electron chi connectivity index (χ4n) is 2.75. The molecule has 3 heterocycles. The van der Waals surface area contributed by atoms with E-state index in [2.05, 4.69) is 4.98 Å². The first-order valence-electron chi connectivity index (χ1n) is 7.21. The van der Waals surface area contributed by atoms with Crippen molar-refractivity contribution >= 4 is 39.4 Å². The summed E-state index contributed by atoms with van der Waals surface area (Å²) in [7, 11) is 3.20. The summed E-state index contributed by atoms with van der Waals surface area (Å²) in [5, 5.41) is 10.7. The molecule has 0 saturated heterocycles. The van der Waals surface area contributed by atoms with E-state index in [1.165, 1.54) is 37.0 Å². The maximum absolute atomic E-state index is 12.7. The van der Waals surface area contributed by atoms with Crippen LogP contribution in [-0.4, -0.2) is 23.4 Å². The molecule has 0 bridgehead atoms. The molecular weight excluding hydrogens is 346 g/mol. The second-order valence-corrected chi connectivity index (χ2v) is 6.55. The first kappa shape index (κ1) is 15.3. The number of non-ortho nitro benzene ring substituents is 1. The molecule has 0 spiro atoms. The van der Waals surface area contributed by atoms with E-state index in [9.17, 15) is 19.7 Å². The van der Waals surface area contributed by atoms with E-state index in [4.69, 9.17) is 0 Å². The Bertz CT molecular complexity index is 1320. The highest BCUT2D eigenvalue weighted by Gasteiger charge is 2.18. The van der Waals surface area contributed by atoms with Crippen LogP contribution < -0.4 is 15.8 Å². The van der Waals surface area contributed by atoms with Gasteiger partial charge in [0.2, 0.25) is 4.96 Å². The number of hydrogen-bond donors (Lipinski definition) is 0. The van der Waals surface area contributed by atoms with E-state index in [1.54, 1.807) is 32.3 Å². The molecule has 0 aliphatic heterocycles. The van der Waals surface area contributed by atoms with Gasteiger partial charge in [0.15, 0.2) is 11.3 Å². The van der Waals surface area contributed by atoms with Gasteiger partial charge in [-0.2, -0.15) is 4.98 Å². The largest absolute Gasteiger partial charge is 0.330 e. The summed E-state index contributed by atoms with van der Waals surface area (Å²) in [6, 6.07) is 5.92. The fourth-order valence-corrected chi connectivity index (χ4v) is 3.71. The van der Waals surface area contributed by atoms with Crippen LogP contribution in [0.15, 0.2) is 33.9 Å². The molecule has 0 fully saturated rings. The van der Waals surface area contributed by atoms with Crippen LogP contribution in [0.3, 0.4) is 0 Å². The zero-order valence-corrected chi connectivity index (χ0v) is 14.0. The summed E-state index contributed by atoms with van der Waals surface area (Å²) >= 11 is 1.20. The maximum atomic E-state index is 12.7. The molecule has 1 aromatic carbocycles. The standard InChI is InChI=1S/C15H11N5O4S/c1-17-11-12(18(2)15(17)22)19-13(21)10(25-14(19)16-11)7-8-3-5-9(6-4-8)20(23)24/h3-7H,1-2H3/b10-7+. The number of nitro benzene ring substituents is 1. The molecule has 0 atom stereocenters. The van der Waals surface area contributed by atoms with Crippen LogP contribution in [0.25, 0.3) is 22.3 Å². The Morgan fingerprint density at radius 2 is 1.84 bits per heavy atom. The number of hydrogen-bond acceptors (Lipinski definition) is 6. The predicted molar refractivity (Wildman–Crippen MR) is 92.9 cm³/mol. The number of thiazole rings is 1. The molecule has 126 valence electrons. The van der Waals surface area contributed by atoms with Crippen molar-refractivity contribution in [1.82, 2.24) is 18.5 Å². The van der Waals surface area contributed by atoms with Crippen molar-refractivity contribution in [3.05, 3.63) is 65.3 Å². The van der Waals surface area contributed by atoms with Gasteiger partial charge in [-0.25, -0.2) is 9.20 Å². The molecule has 3 aromatic heterocycles. The Kier molecular flexibility index (Phi) is 3.12. The molecule has 25 heavy (non-hydrogen) atoms. The lowest BCUT2D eigenvalue weighted by atomic mass is 10.2. The minimum Gasteiger partial charge on any atom is -0.279 e. The lowest BCUT2D eigenvalue weighted by molar-refractivity contribution is -0.384. The van der Waals surface area contributed by atoms with E-state index < -0.39 is 4.92 Å². The molecule has 0 saturated carbocycles. The van der Waals surface area contributed by atoms with Crippen LogP contribution in [0.5, 0.6) is 0 Å². The van der Waals surface area contributed by atoms with Gasteiger partial charge in [-0.3, -0.25) is 24.0 Å². The SMILES string of the molecule is Cn1c(=O)n(C)c2c1nc1s/c(=C/c3ccc([N+](=O)[O-])cc3)c(=O)n12. The smallest absolute Gasteiger partial charge is 0.279 e. The number of rotatable bonds is 2. The second-order valence-electron chi connectivity index (χ2n) is 5.54. The summed E-state index contributed by atoms with van der Waals surface area (Å²) in [4.78, 5) is 39.8. The fraction of sp³-hybridized carbons (Fsp3) is 0.133. The topological polar surface area (TPSA) is 104 Å². The van der Waals surface area contributed by atoms with Crippen molar-refractivity contribution in [3.63, 3.8) is 0 Å². The highest BCUT2D eigenvalue weighted by molar-refractivity contribution is 7.15. The van der Waals surface area contributed by atoms with Crippen molar-refractivity contribution in [2.45, 2.75) is 0 Å². The summed E-state index contributed by atoms with van der Waals surface area (Å²) in [6.07, 6.45) is 1.65. The quantitative estimate of drug-likeness (QED) is 0.381. The molecule has 0 N–H and O–H groups in total. The third-order valence-corrected chi connectivity index (χ3v) is 5.00. The molecule has 4 aromatic rings. The van der Waals surface area contributed by atoms with E-state index in [1.807, 2.05) is 0 Å². The Hall–Kier alpha value is -3.27. The average molecular weight is 357 g/mol. The third-order valence-electron chi connectivity index (χ3n) is 4.03. The summed E-state index contributed by atoms with van der Waals surface area (Å²) in [5.74, 6) is 0. The van der Waals surface area contributed by atoms with E-state index >= 15 is 0 Å². The third kappa shape index (κ3) is 2.11.